The van der Waals surface area contributed by atoms with Gasteiger partial charge in [0.15, 0.2) is 0 Å². The number of aromatic nitrogens is 1. The summed E-state index contributed by atoms with van der Waals surface area (Å²) >= 11 is 0. The molecule has 4 aromatic carbocycles. The zero-order chi connectivity index (χ0) is 23.3. The predicted molar refractivity (Wildman–Crippen MR) is 144 cm³/mol. The molecule has 3 nitrogen and oxygen atoms in total. The number of fused-ring (bicyclic) bond motifs is 2. The minimum absolute atomic E-state index is 0.0385. The van der Waals surface area contributed by atoms with E-state index < -0.39 is 0 Å². The van der Waals surface area contributed by atoms with Crippen LogP contribution in [0.25, 0.3) is 21.5 Å². The zero-order valence-electron chi connectivity index (χ0n) is 19.5. The van der Waals surface area contributed by atoms with Crippen LogP contribution in [0.5, 0.6) is 0 Å². The predicted octanol–water partition coefficient (Wildman–Crippen LogP) is 7.75. The molecule has 0 saturated carbocycles. The molecule has 0 bridgehead atoms. The Morgan fingerprint density at radius 1 is 0.529 bits per heavy atom. The lowest BCUT2D eigenvalue weighted by molar-refractivity contribution is 0.831. The maximum atomic E-state index is 4.80. The van der Waals surface area contributed by atoms with Crippen LogP contribution in [0.4, 0.5) is 0 Å². The van der Waals surface area contributed by atoms with Gasteiger partial charge in [-0.3, -0.25) is 9.98 Å². The standard InChI is InChI=1S/C31H27N3/c1-22(28-18-7-12-24-10-3-5-16-30(24)28)32-20-26-14-9-15-27(34-26)21-33-23(2)29-19-8-13-25-11-4-6-17-31(25)29/h3-23H,1-2H3/t22-,23-/m0/s1. The smallest absolute Gasteiger partial charge is 0.0816 e. The van der Waals surface area contributed by atoms with Crippen molar-refractivity contribution in [2.45, 2.75) is 25.9 Å². The third kappa shape index (κ3) is 4.65. The van der Waals surface area contributed by atoms with Crippen LogP contribution in [-0.2, 0) is 0 Å². The first kappa shape index (κ1) is 21.7. The van der Waals surface area contributed by atoms with Crippen LogP contribution in [0.15, 0.2) is 113 Å². The minimum Gasteiger partial charge on any atom is -0.283 e. The molecule has 0 N–H and O–H groups in total. The van der Waals surface area contributed by atoms with Crippen LogP contribution in [0, 0.1) is 0 Å². The van der Waals surface area contributed by atoms with E-state index in [1.165, 1.54) is 32.7 Å². The van der Waals surface area contributed by atoms with E-state index in [1.54, 1.807) is 0 Å². The van der Waals surface area contributed by atoms with Gasteiger partial charge in [0.2, 0.25) is 0 Å². The molecule has 0 amide bonds. The Morgan fingerprint density at radius 3 is 1.44 bits per heavy atom. The molecule has 5 aromatic rings. The second kappa shape index (κ2) is 9.80. The lowest BCUT2D eigenvalue weighted by Gasteiger charge is -2.11. The summed E-state index contributed by atoms with van der Waals surface area (Å²) in [6, 6.07) is 35.7. The molecule has 0 radical (unpaired) electrons. The molecule has 0 unspecified atom stereocenters. The molecule has 0 fully saturated rings. The molecule has 0 aliphatic rings. The summed E-state index contributed by atoms with van der Waals surface area (Å²) in [7, 11) is 0. The van der Waals surface area contributed by atoms with E-state index in [2.05, 4.69) is 98.8 Å². The number of aliphatic imine (C=N–C) groups is 2. The zero-order valence-corrected chi connectivity index (χ0v) is 19.5. The molecule has 3 heteroatoms. The maximum Gasteiger partial charge on any atom is 0.0816 e. The Kier molecular flexibility index (Phi) is 6.26. The number of hydrogen-bond acceptors (Lipinski definition) is 3. The van der Waals surface area contributed by atoms with Gasteiger partial charge in [0.25, 0.3) is 0 Å². The van der Waals surface area contributed by atoms with Crippen molar-refractivity contribution in [3.05, 3.63) is 126 Å². The summed E-state index contributed by atoms with van der Waals surface area (Å²) in [6.07, 6.45) is 3.72. The van der Waals surface area contributed by atoms with Crippen LogP contribution in [-0.4, -0.2) is 17.4 Å². The van der Waals surface area contributed by atoms with Crippen molar-refractivity contribution >= 4 is 34.0 Å². The Labute approximate surface area is 200 Å². The van der Waals surface area contributed by atoms with Crippen LogP contribution in [0.2, 0.25) is 0 Å². The topological polar surface area (TPSA) is 37.6 Å². The monoisotopic (exact) mass is 441 g/mol. The van der Waals surface area contributed by atoms with Gasteiger partial charge in [-0.1, -0.05) is 91.0 Å². The fraction of sp³-hybridized carbons (Fsp3) is 0.129. The van der Waals surface area contributed by atoms with E-state index in [0.717, 1.165) is 11.4 Å². The Balaban J connectivity index is 1.34. The van der Waals surface area contributed by atoms with Crippen molar-refractivity contribution < 1.29 is 0 Å². The van der Waals surface area contributed by atoms with Crippen molar-refractivity contribution in [1.82, 2.24) is 4.98 Å². The number of rotatable bonds is 6. The van der Waals surface area contributed by atoms with Crippen molar-refractivity contribution in [3.63, 3.8) is 0 Å². The van der Waals surface area contributed by atoms with Crippen LogP contribution >= 0.6 is 0 Å². The summed E-state index contributed by atoms with van der Waals surface area (Å²) in [4.78, 5) is 14.3. The molecule has 2 atom stereocenters. The summed E-state index contributed by atoms with van der Waals surface area (Å²) in [6.45, 7) is 4.24. The van der Waals surface area contributed by atoms with Crippen molar-refractivity contribution in [2.24, 2.45) is 9.98 Å². The van der Waals surface area contributed by atoms with Gasteiger partial charge >= 0.3 is 0 Å². The summed E-state index contributed by atoms with van der Waals surface area (Å²) in [5.41, 5.74) is 4.09. The van der Waals surface area contributed by atoms with E-state index in [-0.39, 0.29) is 12.1 Å². The molecule has 0 aliphatic heterocycles. The minimum atomic E-state index is 0.0385. The molecule has 1 heterocycles. The van der Waals surface area contributed by atoms with Gasteiger partial charge in [0, 0.05) is 12.4 Å². The van der Waals surface area contributed by atoms with Gasteiger partial charge in [-0.15, -0.1) is 0 Å². The Hall–Kier alpha value is -4.11. The first-order valence-electron chi connectivity index (χ1n) is 11.7. The van der Waals surface area contributed by atoms with E-state index in [0.29, 0.717) is 0 Å². The number of pyridine rings is 1. The van der Waals surface area contributed by atoms with Gasteiger partial charge in [-0.2, -0.15) is 0 Å². The second-order valence-corrected chi connectivity index (χ2v) is 8.53. The van der Waals surface area contributed by atoms with Gasteiger partial charge in [0.05, 0.1) is 23.5 Å². The average molecular weight is 442 g/mol. The van der Waals surface area contributed by atoms with Crippen molar-refractivity contribution in [3.8, 4) is 0 Å². The quantitative estimate of drug-likeness (QED) is 0.248. The molecule has 0 aliphatic carbocycles. The first-order chi connectivity index (χ1) is 16.7. The van der Waals surface area contributed by atoms with Crippen molar-refractivity contribution in [2.75, 3.05) is 0 Å². The highest BCUT2D eigenvalue weighted by molar-refractivity contribution is 5.88. The number of nitrogens with zero attached hydrogens (tertiary/aromatic N) is 3. The highest BCUT2D eigenvalue weighted by Gasteiger charge is 2.08. The second-order valence-electron chi connectivity index (χ2n) is 8.53. The van der Waals surface area contributed by atoms with E-state index >= 15 is 0 Å². The van der Waals surface area contributed by atoms with Crippen LogP contribution in [0.1, 0.15) is 48.4 Å². The SMILES string of the molecule is C[C@H](N=Cc1cccc(C=N[C@@H](C)c2cccc3ccccc23)n1)c1cccc2ccccc12. The Bertz CT molecular complexity index is 1380. The molecule has 0 saturated heterocycles. The van der Waals surface area contributed by atoms with Gasteiger partial charge in [-0.05, 0) is 58.7 Å². The highest BCUT2D eigenvalue weighted by Crippen LogP contribution is 2.27. The summed E-state index contributed by atoms with van der Waals surface area (Å²) < 4.78 is 0. The average Bonchev–Trinajstić information content (AvgIpc) is 2.90. The number of hydrogen-bond donors (Lipinski definition) is 0. The Morgan fingerprint density at radius 2 is 0.941 bits per heavy atom. The third-order valence-corrected chi connectivity index (χ3v) is 6.20. The van der Waals surface area contributed by atoms with Gasteiger partial charge in [0.1, 0.15) is 0 Å². The largest absolute Gasteiger partial charge is 0.283 e. The van der Waals surface area contributed by atoms with Crippen LogP contribution in [0.3, 0.4) is 0 Å². The van der Waals surface area contributed by atoms with Gasteiger partial charge in [-0.25, -0.2) is 4.98 Å². The summed E-state index contributed by atoms with van der Waals surface area (Å²) in [5, 5.41) is 4.95. The highest BCUT2D eigenvalue weighted by atomic mass is 14.8. The lowest BCUT2D eigenvalue weighted by atomic mass is 10.00. The van der Waals surface area contributed by atoms with Crippen LogP contribution < -0.4 is 0 Å². The van der Waals surface area contributed by atoms with E-state index in [1.807, 2.05) is 30.6 Å². The lowest BCUT2D eigenvalue weighted by Crippen LogP contribution is -1.98. The molecule has 34 heavy (non-hydrogen) atoms. The fourth-order valence-electron chi connectivity index (χ4n) is 4.38. The molecule has 1 aromatic heterocycles. The first-order valence-corrected chi connectivity index (χ1v) is 11.7. The molecular formula is C31H27N3. The normalized spacial score (nSPS) is 13.7. The fourth-order valence-corrected chi connectivity index (χ4v) is 4.38. The molecule has 0 spiro atoms. The number of benzene rings is 4. The van der Waals surface area contributed by atoms with E-state index in [9.17, 15) is 0 Å². The molecule has 166 valence electrons. The summed E-state index contributed by atoms with van der Waals surface area (Å²) in [5.74, 6) is 0. The van der Waals surface area contributed by atoms with Crippen molar-refractivity contribution in [1.29, 1.82) is 0 Å². The van der Waals surface area contributed by atoms with E-state index in [4.69, 9.17) is 15.0 Å². The van der Waals surface area contributed by atoms with Gasteiger partial charge < -0.3 is 0 Å². The maximum absolute atomic E-state index is 4.80. The molecular weight excluding hydrogens is 414 g/mol. The third-order valence-electron chi connectivity index (χ3n) is 6.20. The molecule has 5 rings (SSSR count).